The molecule has 0 bridgehead atoms. The molecule has 0 amide bonds. The van der Waals surface area contributed by atoms with Crippen molar-refractivity contribution in [3.05, 3.63) is 47.5 Å². The number of aliphatic imine (C=N–C) groups is 2. The van der Waals surface area contributed by atoms with E-state index in [1.165, 1.54) is 14.2 Å². The number of methoxy groups -OCH3 is 2. The van der Waals surface area contributed by atoms with E-state index in [0.29, 0.717) is 35.7 Å². The fourth-order valence-electron chi connectivity index (χ4n) is 2.66. The molecule has 0 atom stereocenters. The minimum atomic E-state index is 0.102. The number of hydrogen-bond acceptors (Lipinski definition) is 8. The summed E-state index contributed by atoms with van der Waals surface area (Å²) < 4.78 is 10.1. The summed E-state index contributed by atoms with van der Waals surface area (Å²) in [6, 6.07) is 10.6. The van der Waals surface area contributed by atoms with Crippen LogP contribution in [0, 0.1) is 0 Å². The van der Waals surface area contributed by atoms with Gasteiger partial charge in [-0.1, -0.05) is 12.1 Å². The van der Waals surface area contributed by atoms with E-state index < -0.39 is 0 Å². The van der Waals surface area contributed by atoms with Crippen LogP contribution < -0.4 is 20.1 Å². The van der Waals surface area contributed by atoms with E-state index >= 15 is 0 Å². The molecule has 162 valence electrons. The Morgan fingerprint density at radius 1 is 0.733 bits per heavy atom. The molecule has 0 aliphatic rings. The van der Waals surface area contributed by atoms with Crippen LogP contribution in [-0.2, 0) is 0 Å². The first kappa shape index (κ1) is 23.2. The van der Waals surface area contributed by atoms with E-state index in [9.17, 15) is 10.2 Å². The lowest BCUT2D eigenvalue weighted by atomic mass is 10.2. The Labute approximate surface area is 177 Å². The lowest BCUT2D eigenvalue weighted by Gasteiger charge is -2.06. The summed E-state index contributed by atoms with van der Waals surface area (Å²) >= 11 is 0. The van der Waals surface area contributed by atoms with Gasteiger partial charge >= 0.3 is 0 Å². The van der Waals surface area contributed by atoms with Gasteiger partial charge in [0.2, 0.25) is 0 Å². The lowest BCUT2D eigenvalue weighted by Crippen LogP contribution is -2.30. The van der Waals surface area contributed by atoms with Gasteiger partial charge in [0.05, 0.1) is 27.3 Å². The molecule has 0 fully saturated rings. The minimum absolute atomic E-state index is 0.102. The van der Waals surface area contributed by atoms with Crippen LogP contribution in [0.3, 0.4) is 0 Å². The molecule has 2 aromatic carbocycles. The van der Waals surface area contributed by atoms with Gasteiger partial charge in [-0.25, -0.2) is 0 Å². The largest absolute Gasteiger partial charge is 0.504 e. The Morgan fingerprint density at radius 2 is 1.17 bits per heavy atom. The molecule has 0 spiro atoms. The van der Waals surface area contributed by atoms with Gasteiger partial charge < -0.3 is 30.3 Å². The van der Waals surface area contributed by atoms with Crippen LogP contribution in [-0.4, -0.2) is 76.1 Å². The third-order valence-electron chi connectivity index (χ3n) is 4.27. The maximum atomic E-state index is 9.98. The first-order valence-electron chi connectivity index (χ1n) is 9.80. The lowest BCUT2D eigenvalue weighted by molar-refractivity contribution is 0.373. The highest BCUT2D eigenvalue weighted by molar-refractivity contribution is 5.85. The molecule has 0 unspecified atom stereocenters. The molecule has 0 aliphatic heterocycles. The number of para-hydroxylation sites is 2. The number of phenols is 2. The number of nitrogens with zero attached hydrogens (tertiary/aromatic N) is 2. The van der Waals surface area contributed by atoms with Crippen molar-refractivity contribution in [2.75, 3.05) is 53.5 Å². The fraction of sp³-hybridized carbons (Fsp3) is 0.364. The monoisotopic (exact) mass is 414 g/mol. The van der Waals surface area contributed by atoms with E-state index in [2.05, 4.69) is 20.6 Å². The van der Waals surface area contributed by atoms with Crippen molar-refractivity contribution in [3.63, 3.8) is 0 Å². The van der Waals surface area contributed by atoms with E-state index in [1.54, 1.807) is 36.7 Å². The molecular formula is C22H30N4O4. The topological polar surface area (TPSA) is 108 Å². The first-order valence-corrected chi connectivity index (χ1v) is 9.80. The second-order valence-electron chi connectivity index (χ2n) is 6.37. The van der Waals surface area contributed by atoms with Gasteiger partial charge in [-0.15, -0.1) is 0 Å². The van der Waals surface area contributed by atoms with Crippen molar-refractivity contribution >= 4 is 12.4 Å². The molecule has 0 heterocycles. The zero-order chi connectivity index (χ0) is 21.6. The van der Waals surface area contributed by atoms with E-state index in [4.69, 9.17) is 9.47 Å². The van der Waals surface area contributed by atoms with Gasteiger partial charge in [-0.3, -0.25) is 9.98 Å². The second kappa shape index (κ2) is 13.2. The molecule has 0 aliphatic carbocycles. The quantitative estimate of drug-likeness (QED) is 0.294. The van der Waals surface area contributed by atoms with E-state index in [-0.39, 0.29) is 11.5 Å². The molecule has 8 nitrogen and oxygen atoms in total. The van der Waals surface area contributed by atoms with Crippen LogP contribution in [0.4, 0.5) is 0 Å². The molecule has 0 aromatic heterocycles. The van der Waals surface area contributed by atoms with Crippen LogP contribution in [0.15, 0.2) is 46.4 Å². The number of benzene rings is 2. The number of phenolic OH excluding ortho intramolecular Hbond substituents is 2. The van der Waals surface area contributed by atoms with Crippen molar-refractivity contribution in [2.45, 2.75) is 0 Å². The second-order valence-corrected chi connectivity index (χ2v) is 6.37. The predicted octanol–water partition coefficient (Wildman–Crippen LogP) is 1.83. The number of rotatable bonds is 13. The van der Waals surface area contributed by atoms with Gasteiger partial charge in [-0.05, 0) is 24.3 Å². The number of ether oxygens (including phenoxy) is 2. The SMILES string of the molecule is COc1cccc(C=NCCNCCNCCN=Cc2cccc(OC)c2O)c1O. The summed E-state index contributed by atoms with van der Waals surface area (Å²) in [4.78, 5) is 8.62. The summed E-state index contributed by atoms with van der Waals surface area (Å²) in [5, 5.41) is 26.6. The highest BCUT2D eigenvalue weighted by Gasteiger charge is 2.05. The van der Waals surface area contributed by atoms with Crippen molar-refractivity contribution in [1.82, 2.24) is 10.6 Å². The fourth-order valence-corrected chi connectivity index (χ4v) is 2.66. The Balaban J connectivity index is 1.54. The number of nitrogens with one attached hydrogen (secondary N) is 2. The van der Waals surface area contributed by atoms with E-state index in [1.807, 2.05) is 12.1 Å². The average Bonchev–Trinajstić information content (AvgIpc) is 2.76. The van der Waals surface area contributed by atoms with Gasteiger partial charge in [0, 0.05) is 49.7 Å². The van der Waals surface area contributed by atoms with Crippen molar-refractivity contribution in [3.8, 4) is 23.0 Å². The highest BCUT2D eigenvalue weighted by Crippen LogP contribution is 2.28. The molecule has 0 radical (unpaired) electrons. The maximum Gasteiger partial charge on any atom is 0.166 e. The van der Waals surface area contributed by atoms with Crippen molar-refractivity contribution in [1.29, 1.82) is 0 Å². The molecular weight excluding hydrogens is 384 g/mol. The van der Waals surface area contributed by atoms with E-state index in [0.717, 1.165) is 26.2 Å². The Hall–Kier alpha value is -3.10. The predicted molar refractivity (Wildman–Crippen MR) is 120 cm³/mol. The smallest absolute Gasteiger partial charge is 0.166 e. The molecule has 30 heavy (non-hydrogen) atoms. The summed E-state index contributed by atoms with van der Waals surface area (Å²) in [7, 11) is 3.04. The summed E-state index contributed by atoms with van der Waals surface area (Å²) in [6.07, 6.45) is 3.30. The normalized spacial score (nSPS) is 11.4. The molecule has 0 saturated carbocycles. The van der Waals surface area contributed by atoms with Crippen LogP contribution >= 0.6 is 0 Å². The van der Waals surface area contributed by atoms with Gasteiger partial charge in [0.1, 0.15) is 0 Å². The Kier molecular flexibility index (Phi) is 10.2. The summed E-state index contributed by atoms with van der Waals surface area (Å²) in [5.74, 6) is 1.08. The van der Waals surface area contributed by atoms with Crippen LogP contribution in [0.2, 0.25) is 0 Å². The van der Waals surface area contributed by atoms with Gasteiger partial charge in [0.25, 0.3) is 0 Å². The third kappa shape index (κ3) is 7.38. The molecule has 0 saturated heterocycles. The Morgan fingerprint density at radius 3 is 1.57 bits per heavy atom. The average molecular weight is 415 g/mol. The van der Waals surface area contributed by atoms with Crippen molar-refractivity contribution < 1.29 is 19.7 Å². The third-order valence-corrected chi connectivity index (χ3v) is 4.27. The molecule has 2 rings (SSSR count). The van der Waals surface area contributed by atoms with Crippen LogP contribution in [0.5, 0.6) is 23.0 Å². The minimum Gasteiger partial charge on any atom is -0.504 e. The zero-order valence-electron chi connectivity index (χ0n) is 17.5. The summed E-state index contributed by atoms with van der Waals surface area (Å²) in [5.41, 5.74) is 1.28. The zero-order valence-corrected chi connectivity index (χ0v) is 17.5. The number of hydrogen-bond donors (Lipinski definition) is 4. The maximum absolute atomic E-state index is 9.98. The van der Waals surface area contributed by atoms with Crippen LogP contribution in [0.1, 0.15) is 11.1 Å². The molecule has 8 heteroatoms. The van der Waals surface area contributed by atoms with Crippen LogP contribution in [0.25, 0.3) is 0 Å². The van der Waals surface area contributed by atoms with Gasteiger partial charge in [-0.2, -0.15) is 0 Å². The number of aromatic hydroxyl groups is 2. The molecule has 4 N–H and O–H groups in total. The first-order chi connectivity index (χ1) is 14.7. The highest BCUT2D eigenvalue weighted by atomic mass is 16.5. The standard InChI is InChI=1S/C22H30N4O4/c1-29-19-7-3-5-17(21(19)27)15-25-13-11-23-9-10-24-12-14-26-16-18-6-4-8-20(30-2)22(18)28/h3-8,15-16,23-24,27-28H,9-14H2,1-2H3. The Bertz CT molecular complexity index is 770. The summed E-state index contributed by atoms with van der Waals surface area (Å²) in [6.45, 7) is 4.36. The van der Waals surface area contributed by atoms with Crippen molar-refractivity contribution in [2.24, 2.45) is 9.98 Å². The van der Waals surface area contributed by atoms with Gasteiger partial charge in [0.15, 0.2) is 23.0 Å². The molecule has 2 aromatic rings.